The summed E-state index contributed by atoms with van der Waals surface area (Å²) in [6.07, 6.45) is 4.06. The molecule has 0 spiro atoms. The first-order chi connectivity index (χ1) is 8.58. The van der Waals surface area contributed by atoms with Crippen molar-refractivity contribution in [3.63, 3.8) is 0 Å². The van der Waals surface area contributed by atoms with E-state index in [-0.39, 0.29) is 11.8 Å². The molecule has 1 aromatic rings. The zero-order valence-electron chi connectivity index (χ0n) is 11.4. The Hall–Kier alpha value is -1.02. The Balaban J connectivity index is 2.70. The Morgan fingerprint density at radius 2 is 2.11 bits per heavy atom. The van der Waals surface area contributed by atoms with Crippen LogP contribution in [0.3, 0.4) is 0 Å². The Kier molecular flexibility index (Phi) is 6.20. The number of benzene rings is 1. The van der Waals surface area contributed by atoms with Gasteiger partial charge in [-0.2, -0.15) is 0 Å². The van der Waals surface area contributed by atoms with Crippen LogP contribution in [-0.2, 0) is 4.79 Å². The molecule has 0 fully saturated rings. The molecule has 1 rings (SSSR count). The highest BCUT2D eigenvalue weighted by molar-refractivity contribution is 6.31. The van der Waals surface area contributed by atoms with Gasteiger partial charge in [0.2, 0.25) is 5.91 Å². The van der Waals surface area contributed by atoms with Crippen LogP contribution in [-0.4, -0.2) is 5.91 Å². The van der Waals surface area contributed by atoms with Gasteiger partial charge in [0.1, 0.15) is 0 Å². The first kappa shape index (κ1) is 15.0. The number of nitrogens with one attached hydrogen (secondary N) is 1. The average molecular weight is 268 g/mol. The van der Waals surface area contributed by atoms with E-state index in [9.17, 15) is 4.79 Å². The molecule has 0 bridgehead atoms. The van der Waals surface area contributed by atoms with Gasteiger partial charge in [0, 0.05) is 16.6 Å². The second-order valence-electron chi connectivity index (χ2n) is 4.70. The Morgan fingerprint density at radius 3 is 2.72 bits per heavy atom. The highest BCUT2D eigenvalue weighted by atomic mass is 35.5. The fourth-order valence-electron chi connectivity index (χ4n) is 1.93. The number of amides is 1. The van der Waals surface area contributed by atoms with Crippen LogP contribution in [0.2, 0.25) is 5.02 Å². The molecule has 0 unspecified atom stereocenters. The molecule has 1 amide bonds. The topological polar surface area (TPSA) is 29.1 Å². The molecule has 0 aliphatic rings. The number of halogens is 1. The van der Waals surface area contributed by atoms with E-state index in [4.69, 9.17) is 11.6 Å². The maximum Gasteiger partial charge on any atom is 0.227 e. The first-order valence-corrected chi connectivity index (χ1v) is 7.03. The van der Waals surface area contributed by atoms with Crippen LogP contribution >= 0.6 is 11.6 Å². The van der Waals surface area contributed by atoms with E-state index in [0.29, 0.717) is 5.02 Å². The molecule has 1 aromatic carbocycles. The van der Waals surface area contributed by atoms with Crippen molar-refractivity contribution in [3.05, 3.63) is 28.8 Å². The molecule has 1 atom stereocenters. The number of aryl methyl sites for hydroxylation is 1. The van der Waals surface area contributed by atoms with Crippen molar-refractivity contribution < 1.29 is 4.79 Å². The summed E-state index contributed by atoms with van der Waals surface area (Å²) in [5.41, 5.74) is 1.86. The zero-order valence-corrected chi connectivity index (χ0v) is 12.2. The number of hydrogen-bond donors (Lipinski definition) is 1. The van der Waals surface area contributed by atoms with Crippen molar-refractivity contribution in [2.75, 3.05) is 5.32 Å². The Bertz CT molecular complexity index is 403. The number of rotatable bonds is 6. The predicted molar refractivity (Wildman–Crippen MR) is 78.1 cm³/mol. The van der Waals surface area contributed by atoms with Crippen LogP contribution in [0.4, 0.5) is 5.69 Å². The Morgan fingerprint density at radius 1 is 1.39 bits per heavy atom. The van der Waals surface area contributed by atoms with Crippen molar-refractivity contribution in [3.8, 4) is 0 Å². The summed E-state index contributed by atoms with van der Waals surface area (Å²) < 4.78 is 0. The molecule has 3 heteroatoms. The number of hydrogen-bond acceptors (Lipinski definition) is 1. The monoisotopic (exact) mass is 267 g/mol. The number of unbranched alkanes of at least 4 members (excludes halogenated alkanes) is 1. The summed E-state index contributed by atoms with van der Waals surface area (Å²) in [6, 6.07) is 5.56. The van der Waals surface area contributed by atoms with E-state index < -0.39 is 0 Å². The zero-order chi connectivity index (χ0) is 13.5. The van der Waals surface area contributed by atoms with Crippen LogP contribution in [0.5, 0.6) is 0 Å². The molecule has 1 N–H and O–H groups in total. The van der Waals surface area contributed by atoms with Gasteiger partial charge >= 0.3 is 0 Å². The molecule has 0 aliphatic carbocycles. The van der Waals surface area contributed by atoms with Crippen LogP contribution in [0.15, 0.2) is 18.2 Å². The second kappa shape index (κ2) is 7.42. The van der Waals surface area contributed by atoms with Gasteiger partial charge in [-0.3, -0.25) is 4.79 Å². The van der Waals surface area contributed by atoms with Crippen molar-refractivity contribution in [2.45, 2.75) is 46.5 Å². The third kappa shape index (κ3) is 4.34. The van der Waals surface area contributed by atoms with E-state index in [1.807, 2.05) is 19.1 Å². The van der Waals surface area contributed by atoms with Gasteiger partial charge in [-0.1, -0.05) is 44.4 Å². The fraction of sp³-hybridized carbons (Fsp3) is 0.533. The summed E-state index contributed by atoms with van der Waals surface area (Å²) >= 11 is 5.95. The molecule has 0 saturated heterocycles. The van der Waals surface area contributed by atoms with Crippen molar-refractivity contribution >= 4 is 23.2 Å². The molecule has 18 heavy (non-hydrogen) atoms. The van der Waals surface area contributed by atoms with Crippen molar-refractivity contribution in [1.82, 2.24) is 0 Å². The summed E-state index contributed by atoms with van der Waals surface area (Å²) in [6.45, 7) is 6.18. The molecule has 0 aromatic heterocycles. The summed E-state index contributed by atoms with van der Waals surface area (Å²) in [7, 11) is 0. The number of carbonyl (C=O) groups is 1. The summed E-state index contributed by atoms with van der Waals surface area (Å²) in [4.78, 5) is 12.2. The molecule has 0 saturated carbocycles. The van der Waals surface area contributed by atoms with Gasteiger partial charge in [0.15, 0.2) is 0 Å². The third-order valence-corrected chi connectivity index (χ3v) is 3.46. The van der Waals surface area contributed by atoms with Gasteiger partial charge in [-0.05, 0) is 37.5 Å². The lowest BCUT2D eigenvalue weighted by atomic mass is 9.98. The van der Waals surface area contributed by atoms with E-state index in [0.717, 1.165) is 36.9 Å². The molecule has 0 aliphatic heterocycles. The molecule has 2 nitrogen and oxygen atoms in total. The van der Waals surface area contributed by atoms with Crippen molar-refractivity contribution in [1.29, 1.82) is 0 Å². The van der Waals surface area contributed by atoms with Gasteiger partial charge in [-0.15, -0.1) is 0 Å². The van der Waals surface area contributed by atoms with E-state index in [1.54, 1.807) is 6.07 Å². The quantitative estimate of drug-likeness (QED) is 0.788. The largest absolute Gasteiger partial charge is 0.326 e. The van der Waals surface area contributed by atoms with E-state index >= 15 is 0 Å². The standard InChI is InChI=1S/C15H22ClNO/c1-4-6-7-12(5-2)15(18)17-14-10-13(16)9-8-11(14)3/h8-10,12H,4-7H2,1-3H3,(H,17,18)/t12-/m1/s1. The number of anilines is 1. The van der Waals surface area contributed by atoms with E-state index in [2.05, 4.69) is 19.2 Å². The molecule has 100 valence electrons. The van der Waals surface area contributed by atoms with E-state index in [1.165, 1.54) is 0 Å². The minimum absolute atomic E-state index is 0.100. The third-order valence-electron chi connectivity index (χ3n) is 3.23. The summed E-state index contributed by atoms with van der Waals surface area (Å²) in [5, 5.41) is 3.64. The van der Waals surface area contributed by atoms with Gasteiger partial charge in [-0.25, -0.2) is 0 Å². The molecular weight excluding hydrogens is 246 g/mol. The first-order valence-electron chi connectivity index (χ1n) is 6.65. The maximum atomic E-state index is 12.2. The summed E-state index contributed by atoms with van der Waals surface area (Å²) in [5.74, 6) is 0.208. The minimum atomic E-state index is 0.100. The smallest absolute Gasteiger partial charge is 0.227 e. The van der Waals surface area contributed by atoms with Crippen molar-refractivity contribution in [2.24, 2.45) is 5.92 Å². The van der Waals surface area contributed by atoms with Crippen LogP contribution in [0, 0.1) is 12.8 Å². The molecule has 0 heterocycles. The predicted octanol–water partition coefficient (Wildman–Crippen LogP) is 4.80. The lowest BCUT2D eigenvalue weighted by Crippen LogP contribution is -2.22. The van der Waals surface area contributed by atoms with Crippen LogP contribution in [0.1, 0.15) is 45.1 Å². The minimum Gasteiger partial charge on any atom is -0.326 e. The fourth-order valence-corrected chi connectivity index (χ4v) is 2.11. The second-order valence-corrected chi connectivity index (χ2v) is 5.13. The van der Waals surface area contributed by atoms with Gasteiger partial charge in [0.05, 0.1) is 0 Å². The molecular formula is C15H22ClNO. The SMILES string of the molecule is CCCC[C@@H](CC)C(=O)Nc1cc(Cl)ccc1C. The molecule has 0 radical (unpaired) electrons. The average Bonchev–Trinajstić information content (AvgIpc) is 2.35. The highest BCUT2D eigenvalue weighted by Gasteiger charge is 2.16. The Labute approximate surface area is 115 Å². The number of carbonyl (C=O) groups excluding carboxylic acids is 1. The van der Waals surface area contributed by atoms with Gasteiger partial charge in [0.25, 0.3) is 0 Å². The highest BCUT2D eigenvalue weighted by Crippen LogP contribution is 2.22. The normalized spacial score (nSPS) is 12.2. The van der Waals surface area contributed by atoms with Crippen LogP contribution in [0.25, 0.3) is 0 Å². The lowest BCUT2D eigenvalue weighted by molar-refractivity contribution is -0.120. The van der Waals surface area contributed by atoms with Gasteiger partial charge < -0.3 is 5.32 Å². The maximum absolute atomic E-state index is 12.2. The lowest BCUT2D eigenvalue weighted by Gasteiger charge is -2.16. The van der Waals surface area contributed by atoms with Crippen LogP contribution < -0.4 is 5.32 Å².